The summed E-state index contributed by atoms with van der Waals surface area (Å²) < 4.78 is 17.1. The van der Waals surface area contributed by atoms with Gasteiger partial charge in [0.2, 0.25) is 5.88 Å². The second kappa shape index (κ2) is 11.6. The van der Waals surface area contributed by atoms with E-state index in [1.165, 1.54) is 0 Å². The summed E-state index contributed by atoms with van der Waals surface area (Å²) in [4.78, 5) is 23.9. The molecule has 1 saturated heterocycles. The first-order chi connectivity index (χ1) is 16.9. The molecule has 36 heavy (non-hydrogen) atoms. The fourth-order valence-electron chi connectivity index (χ4n) is 4.37. The highest BCUT2D eigenvalue weighted by Gasteiger charge is 2.35. The van der Waals surface area contributed by atoms with E-state index in [2.05, 4.69) is 28.7 Å². The van der Waals surface area contributed by atoms with Gasteiger partial charge in [-0.05, 0) is 58.9 Å². The van der Waals surface area contributed by atoms with Crippen molar-refractivity contribution in [1.29, 1.82) is 0 Å². The zero-order chi connectivity index (χ0) is 26.5. The Labute approximate surface area is 215 Å². The Morgan fingerprint density at radius 1 is 1.14 bits per heavy atom. The van der Waals surface area contributed by atoms with Crippen molar-refractivity contribution in [2.45, 2.75) is 73.0 Å². The topological polar surface area (TPSA) is 94.0 Å². The third kappa shape index (κ3) is 7.17. The van der Waals surface area contributed by atoms with Crippen LogP contribution in [-0.2, 0) is 14.3 Å². The van der Waals surface area contributed by atoms with E-state index >= 15 is 0 Å². The number of nitrogens with zero attached hydrogens (tertiary/aromatic N) is 3. The maximum Gasteiger partial charge on any atom is 0.337 e. The average Bonchev–Trinajstić information content (AvgIpc) is 2.80. The van der Waals surface area contributed by atoms with E-state index < -0.39 is 17.7 Å². The van der Waals surface area contributed by atoms with Crippen molar-refractivity contribution in [3.63, 3.8) is 0 Å². The molecule has 1 aliphatic rings. The molecule has 0 radical (unpaired) electrons. The summed E-state index contributed by atoms with van der Waals surface area (Å²) in [5.74, 6) is -0.513. The van der Waals surface area contributed by atoms with Gasteiger partial charge in [0, 0.05) is 60.5 Å². The van der Waals surface area contributed by atoms with E-state index in [1.807, 2.05) is 52.9 Å². The van der Waals surface area contributed by atoms with Crippen LogP contribution in [0.2, 0.25) is 0 Å². The predicted octanol–water partition coefficient (Wildman–Crippen LogP) is 5.43. The first-order valence-electron chi connectivity index (χ1n) is 12.7. The Balaban J connectivity index is 2.07. The van der Waals surface area contributed by atoms with Crippen molar-refractivity contribution in [1.82, 2.24) is 9.97 Å². The molecule has 2 aromatic heterocycles. The largest absolute Gasteiger partial charge is 0.479 e. The molecule has 0 spiro atoms. The van der Waals surface area contributed by atoms with Gasteiger partial charge in [-0.3, -0.25) is 4.98 Å². The van der Waals surface area contributed by atoms with Crippen molar-refractivity contribution in [2.75, 3.05) is 37.8 Å². The van der Waals surface area contributed by atoms with E-state index in [9.17, 15) is 9.90 Å². The van der Waals surface area contributed by atoms with Crippen LogP contribution in [0.5, 0.6) is 5.88 Å². The van der Waals surface area contributed by atoms with Crippen molar-refractivity contribution in [3.05, 3.63) is 35.8 Å². The van der Waals surface area contributed by atoms with Gasteiger partial charge in [-0.15, -0.1) is 0 Å². The van der Waals surface area contributed by atoms with Crippen LogP contribution in [0.15, 0.2) is 24.5 Å². The van der Waals surface area contributed by atoms with Crippen LogP contribution in [0.1, 0.15) is 71.7 Å². The van der Waals surface area contributed by atoms with Gasteiger partial charge >= 0.3 is 5.97 Å². The van der Waals surface area contributed by atoms with Gasteiger partial charge in [-0.25, -0.2) is 9.78 Å². The maximum atomic E-state index is 12.5. The van der Waals surface area contributed by atoms with Gasteiger partial charge in [0.15, 0.2) is 6.10 Å². The quantitative estimate of drug-likeness (QED) is 0.432. The molecule has 2 aromatic rings. The van der Waals surface area contributed by atoms with Gasteiger partial charge in [-0.2, -0.15) is 0 Å². The monoisotopic (exact) mass is 499 g/mol. The van der Waals surface area contributed by atoms with Crippen molar-refractivity contribution in [3.8, 4) is 17.0 Å². The van der Waals surface area contributed by atoms with Crippen LogP contribution < -0.4 is 9.64 Å². The van der Waals surface area contributed by atoms with Crippen molar-refractivity contribution < 1.29 is 24.1 Å². The van der Waals surface area contributed by atoms with E-state index in [4.69, 9.17) is 14.2 Å². The minimum absolute atomic E-state index is 0.245. The Kier molecular flexibility index (Phi) is 8.95. The number of carbonyl (C=O) groups is 1. The fourth-order valence-corrected chi connectivity index (χ4v) is 4.37. The number of hydrogen-bond acceptors (Lipinski definition) is 7. The molecule has 8 nitrogen and oxygen atoms in total. The molecule has 1 fully saturated rings. The number of pyridine rings is 2. The van der Waals surface area contributed by atoms with Crippen LogP contribution in [0.3, 0.4) is 0 Å². The summed E-state index contributed by atoms with van der Waals surface area (Å²) in [6.45, 7) is 17.2. The van der Waals surface area contributed by atoms with Gasteiger partial charge < -0.3 is 24.2 Å². The van der Waals surface area contributed by atoms with E-state index in [0.717, 1.165) is 42.7 Å². The van der Waals surface area contributed by atoms with Gasteiger partial charge in [0.25, 0.3) is 0 Å². The standard InChI is InChI=1S/C28H41N3O5/c1-8-34-15-16-35-22-10-9-20(17-30-22)21-18-29-19(2)23(25(26(32)33)36-27(3,4)5)24(21)31-13-11-28(6,7)12-14-31/h9-10,17-18,25H,8,11-16H2,1-7H3,(H,32,33)/t25-/m0/s1. The molecule has 0 amide bonds. The predicted molar refractivity (Wildman–Crippen MR) is 141 cm³/mol. The average molecular weight is 500 g/mol. The number of piperidine rings is 1. The van der Waals surface area contributed by atoms with Crippen LogP contribution in [0, 0.1) is 12.3 Å². The molecule has 1 aliphatic heterocycles. The second-order valence-corrected chi connectivity index (χ2v) is 11.0. The van der Waals surface area contributed by atoms with Crippen molar-refractivity contribution in [2.24, 2.45) is 5.41 Å². The van der Waals surface area contributed by atoms with Crippen LogP contribution in [0.25, 0.3) is 11.1 Å². The summed E-state index contributed by atoms with van der Waals surface area (Å²) in [5.41, 5.74) is 3.41. The molecule has 0 aliphatic carbocycles. The Morgan fingerprint density at radius 3 is 2.39 bits per heavy atom. The third-order valence-corrected chi connectivity index (χ3v) is 6.41. The highest BCUT2D eigenvalue weighted by Crippen LogP contribution is 2.43. The van der Waals surface area contributed by atoms with E-state index in [0.29, 0.717) is 37.0 Å². The molecule has 0 bridgehead atoms. The zero-order valence-electron chi connectivity index (χ0n) is 22.8. The molecule has 3 rings (SSSR count). The second-order valence-electron chi connectivity index (χ2n) is 11.0. The van der Waals surface area contributed by atoms with Crippen LogP contribution in [0.4, 0.5) is 5.69 Å². The summed E-state index contributed by atoms with van der Waals surface area (Å²) in [6, 6.07) is 3.77. The summed E-state index contributed by atoms with van der Waals surface area (Å²) in [7, 11) is 0. The minimum Gasteiger partial charge on any atom is -0.479 e. The molecule has 198 valence electrons. The summed E-state index contributed by atoms with van der Waals surface area (Å²) in [5, 5.41) is 10.2. The highest BCUT2D eigenvalue weighted by atomic mass is 16.5. The molecule has 1 atom stereocenters. The molecular formula is C28H41N3O5. The number of anilines is 1. The molecule has 8 heteroatoms. The number of ether oxygens (including phenoxy) is 3. The van der Waals surface area contributed by atoms with Crippen molar-refractivity contribution >= 4 is 11.7 Å². The lowest BCUT2D eigenvalue weighted by Crippen LogP contribution is -2.39. The SMILES string of the molecule is CCOCCOc1ccc(-c2cnc(C)c([C@H](OC(C)(C)C)C(=O)O)c2N2CCC(C)(C)CC2)cn1. The Hall–Kier alpha value is -2.71. The van der Waals surface area contributed by atoms with Gasteiger partial charge in [0.05, 0.1) is 17.9 Å². The first kappa shape index (κ1) is 27.9. The fraction of sp³-hybridized carbons (Fsp3) is 0.607. The number of carboxylic acid groups (broad SMARTS) is 1. The lowest BCUT2D eigenvalue weighted by Gasteiger charge is -2.40. The molecule has 1 N–H and O–H groups in total. The van der Waals surface area contributed by atoms with Gasteiger partial charge in [-0.1, -0.05) is 13.8 Å². The van der Waals surface area contributed by atoms with Gasteiger partial charge in [0.1, 0.15) is 6.61 Å². The smallest absolute Gasteiger partial charge is 0.337 e. The minimum atomic E-state index is -1.14. The van der Waals surface area contributed by atoms with E-state index in [-0.39, 0.29) is 5.41 Å². The number of aliphatic carboxylic acids is 1. The zero-order valence-corrected chi connectivity index (χ0v) is 22.8. The summed E-state index contributed by atoms with van der Waals surface area (Å²) in [6.07, 6.45) is 4.45. The Morgan fingerprint density at radius 2 is 1.83 bits per heavy atom. The molecular weight excluding hydrogens is 458 g/mol. The number of rotatable bonds is 10. The number of carboxylic acids is 1. The van der Waals surface area contributed by atoms with E-state index in [1.54, 1.807) is 6.20 Å². The lowest BCUT2D eigenvalue weighted by molar-refractivity contribution is -0.160. The normalized spacial score (nSPS) is 16.6. The first-order valence-corrected chi connectivity index (χ1v) is 12.7. The third-order valence-electron chi connectivity index (χ3n) is 6.41. The molecule has 0 saturated carbocycles. The maximum absolute atomic E-state index is 12.5. The van der Waals surface area contributed by atoms with Crippen LogP contribution >= 0.6 is 0 Å². The van der Waals surface area contributed by atoms with Crippen LogP contribution in [-0.4, -0.2) is 59.6 Å². The number of aryl methyl sites for hydroxylation is 1. The Bertz CT molecular complexity index is 1020. The number of hydrogen-bond donors (Lipinski definition) is 1. The molecule has 0 unspecified atom stereocenters. The molecule has 0 aromatic carbocycles. The lowest BCUT2D eigenvalue weighted by atomic mass is 9.82. The molecule has 3 heterocycles. The summed E-state index contributed by atoms with van der Waals surface area (Å²) >= 11 is 0. The number of aromatic nitrogens is 2. The highest BCUT2D eigenvalue weighted by molar-refractivity contribution is 5.86.